The molecule has 1 aliphatic rings. The Morgan fingerprint density at radius 1 is 1.53 bits per heavy atom. The fourth-order valence-corrected chi connectivity index (χ4v) is 1.85. The first-order chi connectivity index (χ1) is 7.29. The molecule has 1 aliphatic heterocycles. The van der Waals surface area contributed by atoms with Gasteiger partial charge in [0.2, 0.25) is 0 Å². The molecule has 4 nitrogen and oxygen atoms in total. The largest absolute Gasteiger partial charge is 0.368 e. The Morgan fingerprint density at radius 2 is 2.33 bits per heavy atom. The van der Waals surface area contributed by atoms with E-state index in [9.17, 15) is 4.79 Å². The summed E-state index contributed by atoms with van der Waals surface area (Å²) in [4.78, 5) is 13.8. The molecular formula is C11H22N2O2. The van der Waals surface area contributed by atoms with Gasteiger partial charge in [-0.3, -0.25) is 4.79 Å². The van der Waals surface area contributed by atoms with Crippen LogP contribution >= 0.6 is 0 Å². The molecule has 1 heterocycles. The summed E-state index contributed by atoms with van der Waals surface area (Å²) < 4.78 is 5.48. The molecule has 0 saturated carbocycles. The molecule has 0 aromatic heterocycles. The van der Waals surface area contributed by atoms with Crippen LogP contribution in [0.15, 0.2) is 0 Å². The third-order valence-electron chi connectivity index (χ3n) is 2.78. The van der Waals surface area contributed by atoms with Crippen molar-refractivity contribution in [3.05, 3.63) is 0 Å². The van der Waals surface area contributed by atoms with Gasteiger partial charge in [0.25, 0.3) is 5.91 Å². The average Bonchev–Trinajstić information content (AvgIpc) is 2.31. The van der Waals surface area contributed by atoms with Crippen molar-refractivity contribution in [3.8, 4) is 0 Å². The first-order valence-corrected chi connectivity index (χ1v) is 5.90. The maximum Gasteiger partial charge on any atom is 0.251 e. The Bertz CT molecular complexity index is 191. The Balaban J connectivity index is 2.40. The molecule has 1 unspecified atom stereocenters. The number of hydrogen-bond donors (Lipinski definition) is 1. The van der Waals surface area contributed by atoms with E-state index in [-0.39, 0.29) is 12.0 Å². The Labute approximate surface area is 91.8 Å². The predicted octanol–water partition coefficient (Wildman–Crippen LogP) is 0.753. The molecule has 0 bridgehead atoms. The maximum atomic E-state index is 12.0. The normalized spacial score (nSPS) is 21.3. The van der Waals surface area contributed by atoms with Crippen molar-refractivity contribution < 1.29 is 9.53 Å². The highest BCUT2D eigenvalue weighted by molar-refractivity contribution is 5.81. The standard InChI is InChI=1S/C11H22N2O2/c1-2-13(8-5-7-12)11(14)10-6-3-4-9-15-10/h10H,2-9,12H2,1H3. The fourth-order valence-electron chi connectivity index (χ4n) is 1.85. The van der Waals surface area contributed by atoms with Gasteiger partial charge in [0, 0.05) is 19.7 Å². The Kier molecular flexibility index (Phi) is 5.65. The first kappa shape index (κ1) is 12.5. The lowest BCUT2D eigenvalue weighted by molar-refractivity contribution is -0.146. The topological polar surface area (TPSA) is 55.6 Å². The van der Waals surface area contributed by atoms with E-state index < -0.39 is 0 Å². The summed E-state index contributed by atoms with van der Waals surface area (Å²) in [6.07, 6.45) is 3.73. The Morgan fingerprint density at radius 3 is 2.87 bits per heavy atom. The summed E-state index contributed by atoms with van der Waals surface area (Å²) in [5.41, 5.74) is 5.44. The lowest BCUT2D eigenvalue weighted by Gasteiger charge is -2.28. The van der Waals surface area contributed by atoms with Crippen molar-refractivity contribution in [3.63, 3.8) is 0 Å². The number of amides is 1. The third kappa shape index (κ3) is 3.80. The van der Waals surface area contributed by atoms with Crippen molar-refractivity contribution in [1.29, 1.82) is 0 Å². The van der Waals surface area contributed by atoms with Crippen molar-refractivity contribution in [1.82, 2.24) is 4.90 Å². The first-order valence-electron chi connectivity index (χ1n) is 5.90. The summed E-state index contributed by atoms with van der Waals surface area (Å²) in [6, 6.07) is 0. The van der Waals surface area contributed by atoms with E-state index in [1.807, 2.05) is 11.8 Å². The van der Waals surface area contributed by atoms with Crippen molar-refractivity contribution in [2.45, 2.75) is 38.7 Å². The number of likely N-dealkylation sites (N-methyl/N-ethyl adjacent to an activating group) is 1. The SMILES string of the molecule is CCN(CCCN)C(=O)C1CCCCO1. The quantitative estimate of drug-likeness (QED) is 0.735. The van der Waals surface area contributed by atoms with Crippen LogP contribution in [0.25, 0.3) is 0 Å². The van der Waals surface area contributed by atoms with E-state index in [0.29, 0.717) is 6.54 Å². The number of rotatable bonds is 5. The van der Waals surface area contributed by atoms with Crippen LogP contribution in [0.5, 0.6) is 0 Å². The van der Waals surface area contributed by atoms with Crippen molar-refractivity contribution in [2.24, 2.45) is 5.73 Å². The van der Waals surface area contributed by atoms with Gasteiger partial charge in [-0.2, -0.15) is 0 Å². The van der Waals surface area contributed by atoms with Crippen LogP contribution in [0.2, 0.25) is 0 Å². The number of ether oxygens (including phenoxy) is 1. The molecule has 1 fully saturated rings. The number of hydrogen-bond acceptors (Lipinski definition) is 3. The molecule has 0 spiro atoms. The number of nitrogens with zero attached hydrogens (tertiary/aromatic N) is 1. The molecule has 0 aliphatic carbocycles. The molecule has 1 amide bonds. The second-order valence-electron chi connectivity index (χ2n) is 3.92. The van der Waals surface area contributed by atoms with Crippen LogP contribution in [-0.4, -0.2) is 43.2 Å². The minimum Gasteiger partial charge on any atom is -0.368 e. The molecule has 88 valence electrons. The molecule has 1 rings (SSSR count). The van der Waals surface area contributed by atoms with Gasteiger partial charge in [0.15, 0.2) is 0 Å². The van der Waals surface area contributed by atoms with Gasteiger partial charge in [-0.1, -0.05) is 0 Å². The van der Waals surface area contributed by atoms with Crippen LogP contribution in [0.1, 0.15) is 32.6 Å². The summed E-state index contributed by atoms with van der Waals surface area (Å²) in [7, 11) is 0. The van der Waals surface area contributed by atoms with Gasteiger partial charge >= 0.3 is 0 Å². The van der Waals surface area contributed by atoms with Crippen LogP contribution in [0, 0.1) is 0 Å². The van der Waals surface area contributed by atoms with Gasteiger partial charge < -0.3 is 15.4 Å². The van der Waals surface area contributed by atoms with Gasteiger partial charge in [0.1, 0.15) is 6.10 Å². The maximum absolute atomic E-state index is 12.0. The van der Waals surface area contributed by atoms with Crippen LogP contribution in [-0.2, 0) is 9.53 Å². The molecular weight excluding hydrogens is 192 g/mol. The van der Waals surface area contributed by atoms with E-state index >= 15 is 0 Å². The zero-order valence-electron chi connectivity index (χ0n) is 9.58. The van der Waals surface area contributed by atoms with Gasteiger partial charge in [-0.25, -0.2) is 0 Å². The molecule has 2 N–H and O–H groups in total. The number of carbonyl (C=O) groups is 1. The summed E-state index contributed by atoms with van der Waals surface area (Å²) in [5, 5.41) is 0. The molecule has 1 atom stereocenters. The van der Waals surface area contributed by atoms with Gasteiger partial charge in [-0.15, -0.1) is 0 Å². The molecule has 15 heavy (non-hydrogen) atoms. The summed E-state index contributed by atoms with van der Waals surface area (Å²) >= 11 is 0. The lowest BCUT2D eigenvalue weighted by atomic mass is 10.1. The summed E-state index contributed by atoms with van der Waals surface area (Å²) in [6.45, 7) is 4.86. The lowest BCUT2D eigenvalue weighted by Crippen LogP contribution is -2.42. The van der Waals surface area contributed by atoms with Gasteiger partial charge in [0.05, 0.1) is 0 Å². The second kappa shape index (κ2) is 6.80. The predicted molar refractivity (Wildman–Crippen MR) is 59.5 cm³/mol. The van der Waals surface area contributed by atoms with Gasteiger partial charge in [-0.05, 0) is 39.2 Å². The highest BCUT2D eigenvalue weighted by Crippen LogP contribution is 2.15. The molecule has 1 saturated heterocycles. The minimum absolute atomic E-state index is 0.144. The molecule has 0 aromatic rings. The van der Waals surface area contributed by atoms with Crippen molar-refractivity contribution >= 4 is 5.91 Å². The average molecular weight is 214 g/mol. The molecule has 4 heteroatoms. The minimum atomic E-state index is -0.198. The second-order valence-corrected chi connectivity index (χ2v) is 3.92. The smallest absolute Gasteiger partial charge is 0.251 e. The van der Waals surface area contributed by atoms with Crippen molar-refractivity contribution in [2.75, 3.05) is 26.2 Å². The number of carbonyl (C=O) groups excluding carboxylic acids is 1. The fraction of sp³-hybridized carbons (Fsp3) is 0.909. The number of nitrogens with two attached hydrogens (primary N) is 1. The van der Waals surface area contributed by atoms with E-state index in [2.05, 4.69) is 0 Å². The van der Waals surface area contributed by atoms with E-state index in [1.165, 1.54) is 0 Å². The van der Waals surface area contributed by atoms with Crippen LogP contribution in [0.3, 0.4) is 0 Å². The highest BCUT2D eigenvalue weighted by atomic mass is 16.5. The highest BCUT2D eigenvalue weighted by Gasteiger charge is 2.25. The zero-order valence-corrected chi connectivity index (χ0v) is 9.58. The summed E-state index contributed by atoms with van der Waals surface area (Å²) in [5.74, 6) is 0.144. The Hall–Kier alpha value is -0.610. The third-order valence-corrected chi connectivity index (χ3v) is 2.78. The van der Waals surface area contributed by atoms with Crippen LogP contribution in [0.4, 0.5) is 0 Å². The van der Waals surface area contributed by atoms with E-state index in [1.54, 1.807) is 0 Å². The van der Waals surface area contributed by atoms with E-state index in [4.69, 9.17) is 10.5 Å². The van der Waals surface area contributed by atoms with E-state index in [0.717, 1.165) is 45.4 Å². The zero-order chi connectivity index (χ0) is 11.1. The molecule has 0 aromatic carbocycles. The molecule has 0 radical (unpaired) electrons. The van der Waals surface area contributed by atoms with Crippen LogP contribution < -0.4 is 5.73 Å². The monoisotopic (exact) mass is 214 g/mol.